The van der Waals surface area contributed by atoms with Gasteiger partial charge in [-0.1, -0.05) is 25.2 Å². The molecule has 0 saturated heterocycles. The van der Waals surface area contributed by atoms with E-state index in [9.17, 15) is 0 Å². The molecule has 0 aromatic carbocycles. The second-order valence-corrected chi connectivity index (χ2v) is 2.91. The molecule has 2 aliphatic carbocycles. The Kier molecular flexibility index (Phi) is 4.58. The second kappa shape index (κ2) is 4.08. The predicted molar refractivity (Wildman–Crippen MR) is 29.7 cm³/mol. The van der Waals surface area contributed by atoms with Crippen molar-refractivity contribution in [2.45, 2.75) is 25.7 Å². The first-order valence-corrected chi connectivity index (χ1v) is 3.28. The van der Waals surface area contributed by atoms with Crippen molar-refractivity contribution in [2.75, 3.05) is 0 Å². The van der Waals surface area contributed by atoms with Crippen molar-refractivity contribution in [3.8, 4) is 0 Å². The van der Waals surface area contributed by atoms with Crippen LogP contribution in [0.2, 0.25) is 0 Å². The van der Waals surface area contributed by atoms with Crippen molar-refractivity contribution in [1.82, 2.24) is 0 Å². The molecule has 0 aliphatic heterocycles. The topological polar surface area (TPSA) is 0 Å². The first kappa shape index (κ1) is 10.1. The predicted octanol–water partition coefficient (Wildman–Crippen LogP) is -0.988. The summed E-state index contributed by atoms with van der Waals surface area (Å²) in [4.78, 5) is 0. The van der Waals surface area contributed by atoms with Gasteiger partial charge in [0.1, 0.15) is 0 Å². The van der Waals surface area contributed by atoms with Gasteiger partial charge in [-0.05, 0) is 0 Å². The first-order chi connectivity index (χ1) is 3.45. The van der Waals surface area contributed by atoms with E-state index in [-0.39, 0.29) is 36.5 Å². The van der Waals surface area contributed by atoms with Crippen molar-refractivity contribution in [2.24, 2.45) is 11.8 Å². The maximum absolute atomic E-state index is 2.51. The summed E-state index contributed by atoms with van der Waals surface area (Å²) in [5.74, 6) is 2.16. The van der Waals surface area contributed by atoms with Gasteiger partial charge < -0.3 is 23.4 Å². The average molecular weight is 240 g/mol. The van der Waals surface area contributed by atoms with E-state index >= 15 is 0 Å². The number of fused-ring (bicyclic) bond motifs is 2. The van der Waals surface area contributed by atoms with Crippen molar-refractivity contribution >= 4 is 0 Å². The van der Waals surface area contributed by atoms with Gasteiger partial charge in [0.05, 0.1) is 0 Å². The van der Waals surface area contributed by atoms with Gasteiger partial charge in [0.25, 0.3) is 0 Å². The minimum Gasteiger partial charge on any atom is -1.00 e. The zero-order chi connectivity index (χ0) is 4.69. The van der Waals surface area contributed by atoms with Crippen LogP contribution in [0, 0.1) is 18.3 Å². The third kappa shape index (κ3) is 2.01. The molecule has 2 heteroatoms. The molecule has 48 valence electrons. The largest absolute Gasteiger partial charge is 2.00 e. The van der Waals surface area contributed by atoms with Gasteiger partial charge in [0, 0.05) is 0 Å². The Morgan fingerprint density at radius 2 is 2.00 bits per heavy atom. The van der Waals surface area contributed by atoms with Crippen molar-refractivity contribution < 1.29 is 36.5 Å². The third-order valence-electron chi connectivity index (χ3n) is 2.38. The molecule has 0 nitrogen and oxygen atoms in total. The molecule has 0 N–H and O–H groups in total. The maximum atomic E-state index is 2.51. The van der Waals surface area contributed by atoms with Crippen LogP contribution in [0.1, 0.15) is 25.7 Å². The number of hydrogen-bond acceptors (Lipinski definition) is 0. The van der Waals surface area contributed by atoms with Crippen LogP contribution in [0.15, 0.2) is 0 Å². The van der Waals surface area contributed by atoms with E-state index < -0.39 is 0 Å². The number of rotatable bonds is 0. The van der Waals surface area contributed by atoms with E-state index in [0.717, 1.165) is 11.8 Å². The standard InChI is InChI=1S/C7H11.BrH.Zn/c1-2-7-4-3-6(1)5-7;;/h1,6-7H,2-5H2;1H;/q-1;;+2/p-1. The van der Waals surface area contributed by atoms with Crippen molar-refractivity contribution in [3.63, 3.8) is 0 Å². The summed E-state index contributed by atoms with van der Waals surface area (Å²) in [6.07, 6.45) is 8.50. The monoisotopic (exact) mass is 238 g/mol. The Bertz CT molecular complexity index is 67.0. The summed E-state index contributed by atoms with van der Waals surface area (Å²) in [5, 5.41) is 0. The average Bonchev–Trinajstić information content (AvgIpc) is 2.22. The molecule has 2 fully saturated rings. The van der Waals surface area contributed by atoms with Crippen molar-refractivity contribution in [3.05, 3.63) is 6.42 Å². The van der Waals surface area contributed by atoms with Gasteiger partial charge in [-0.3, -0.25) is 0 Å². The van der Waals surface area contributed by atoms with Gasteiger partial charge in [0.2, 0.25) is 0 Å². The first-order valence-electron chi connectivity index (χ1n) is 3.28. The van der Waals surface area contributed by atoms with Gasteiger partial charge >= 0.3 is 19.5 Å². The summed E-state index contributed by atoms with van der Waals surface area (Å²) >= 11 is 0. The van der Waals surface area contributed by atoms with Gasteiger partial charge in [-0.15, -0.1) is 0 Å². The molecule has 2 atom stereocenters. The zero-order valence-electron chi connectivity index (χ0n) is 5.65. The fourth-order valence-electron chi connectivity index (χ4n) is 1.93. The third-order valence-corrected chi connectivity index (χ3v) is 2.38. The van der Waals surface area contributed by atoms with Crippen LogP contribution < -0.4 is 17.0 Å². The number of hydrogen-bond donors (Lipinski definition) is 0. The smallest absolute Gasteiger partial charge is 1.00 e. The fourth-order valence-corrected chi connectivity index (χ4v) is 1.93. The minimum atomic E-state index is 0. The quantitative estimate of drug-likeness (QED) is 0.377. The zero-order valence-corrected chi connectivity index (χ0v) is 10.2. The van der Waals surface area contributed by atoms with Crippen LogP contribution in [0.25, 0.3) is 0 Å². The Morgan fingerprint density at radius 1 is 1.22 bits per heavy atom. The molecule has 0 aromatic rings. The minimum absolute atomic E-state index is 0. The molecule has 0 spiro atoms. The van der Waals surface area contributed by atoms with Gasteiger partial charge in [-0.2, -0.15) is 12.3 Å². The molecule has 2 rings (SSSR count). The molecule has 0 amide bonds. The van der Waals surface area contributed by atoms with E-state index in [0.29, 0.717) is 0 Å². The molecule has 2 aliphatic rings. The van der Waals surface area contributed by atoms with Crippen molar-refractivity contribution in [1.29, 1.82) is 0 Å². The Morgan fingerprint density at radius 3 is 2.11 bits per heavy atom. The Balaban J connectivity index is 0.000000320. The molecule has 2 bridgehead atoms. The maximum Gasteiger partial charge on any atom is 2.00 e. The molecule has 0 aromatic heterocycles. The SMILES string of the molecule is [Br-].[CH-]1CC2CCC1C2.[Zn+2]. The normalized spacial score (nSPS) is 37.3. The summed E-state index contributed by atoms with van der Waals surface area (Å²) in [6, 6.07) is 0. The molecular formula is C7H11BrZn. The van der Waals surface area contributed by atoms with Crippen LogP contribution in [-0.4, -0.2) is 0 Å². The van der Waals surface area contributed by atoms with Gasteiger partial charge in [0.15, 0.2) is 0 Å². The van der Waals surface area contributed by atoms with Crippen LogP contribution in [0.3, 0.4) is 0 Å². The van der Waals surface area contributed by atoms with Crippen LogP contribution in [0.5, 0.6) is 0 Å². The van der Waals surface area contributed by atoms with E-state index in [2.05, 4.69) is 6.42 Å². The summed E-state index contributed by atoms with van der Waals surface area (Å²) in [5.41, 5.74) is 0. The molecule has 0 radical (unpaired) electrons. The summed E-state index contributed by atoms with van der Waals surface area (Å²) in [6.45, 7) is 0. The van der Waals surface area contributed by atoms with E-state index in [1.807, 2.05) is 0 Å². The molecular weight excluding hydrogens is 229 g/mol. The van der Waals surface area contributed by atoms with Crippen LogP contribution in [-0.2, 0) is 19.5 Å². The van der Waals surface area contributed by atoms with Crippen LogP contribution >= 0.6 is 0 Å². The van der Waals surface area contributed by atoms with Crippen LogP contribution in [0.4, 0.5) is 0 Å². The Labute approximate surface area is 80.3 Å². The summed E-state index contributed by atoms with van der Waals surface area (Å²) in [7, 11) is 0. The fraction of sp³-hybridized carbons (Fsp3) is 0.857. The number of halogens is 1. The van der Waals surface area contributed by atoms with E-state index in [1.165, 1.54) is 25.7 Å². The second-order valence-electron chi connectivity index (χ2n) is 2.91. The molecule has 9 heavy (non-hydrogen) atoms. The summed E-state index contributed by atoms with van der Waals surface area (Å²) < 4.78 is 0. The molecule has 2 unspecified atom stereocenters. The van der Waals surface area contributed by atoms with E-state index in [1.54, 1.807) is 0 Å². The van der Waals surface area contributed by atoms with Gasteiger partial charge in [-0.25, -0.2) is 0 Å². The molecule has 2 saturated carbocycles. The Hall–Kier alpha value is 1.10. The van der Waals surface area contributed by atoms with E-state index in [4.69, 9.17) is 0 Å². The molecule has 0 heterocycles.